The molecule has 6 aromatic rings. The van der Waals surface area contributed by atoms with Gasteiger partial charge in [-0.15, -0.1) is 0 Å². The largest absolute Gasteiger partial charge is 0.398 e. The standard InChI is InChI=1S/2C16H16BrN3O4.2C16H16N6O4.2C13H13N3O3/c2*17-7-6-14(22)18-11-3-1-2-9-10(11)8-20(16(9)24)12-4-5-13(21)19-15(12)23;2*17-21-18-7-6-14(24)19-11-3-1-2-9-10(11)8-22(16(9)26)12-4-5-13(23)20-15(12)25;2*14-9-3-1-2-7-8(9)6-16(13(7)19)10-4-5-11(17)15-12(10)18/h2*1-3,12H,4-8H2,(H,18,22)(H,19,21,23);2*1-3,12H,4-8H2,(H,19,24)(H,20,23,25);2*1-3,10H,4-6,14H2,(H,15,17,18). The van der Waals surface area contributed by atoms with Gasteiger partial charge in [0.25, 0.3) is 35.4 Å². The van der Waals surface area contributed by atoms with Crippen LogP contribution in [0.2, 0.25) is 0 Å². The van der Waals surface area contributed by atoms with Crippen molar-refractivity contribution in [1.82, 2.24) is 61.3 Å². The Hall–Kier alpha value is -16.0. The number of anilines is 6. The van der Waals surface area contributed by atoms with E-state index >= 15 is 0 Å². The summed E-state index contributed by atoms with van der Waals surface area (Å²) in [5, 5.41) is 32.3. The molecule has 6 atom stereocenters. The Kier molecular flexibility index (Phi) is 32.1. The number of nitrogens with two attached hydrogens (primary N) is 2. The summed E-state index contributed by atoms with van der Waals surface area (Å²) in [5.74, 6) is -7.05. The molecule has 0 radical (unpaired) electrons. The second kappa shape index (κ2) is 44.5. The smallest absolute Gasteiger partial charge is 0.255 e. The first-order valence-electron chi connectivity index (χ1n) is 43.6. The Morgan fingerprint density at radius 3 is 0.681 bits per heavy atom. The van der Waals surface area contributed by atoms with Crippen molar-refractivity contribution in [1.29, 1.82) is 0 Å². The van der Waals surface area contributed by atoms with Crippen LogP contribution in [0.25, 0.3) is 20.9 Å². The molecule has 0 bridgehead atoms. The number of nitrogen functional groups attached to an aromatic ring is 2. The van der Waals surface area contributed by atoms with Crippen molar-refractivity contribution in [3.63, 3.8) is 0 Å². The van der Waals surface area contributed by atoms with E-state index in [4.69, 9.17) is 22.5 Å². The number of imide groups is 6. The van der Waals surface area contributed by atoms with E-state index in [2.05, 4.69) is 105 Å². The normalized spacial score (nSPS) is 20.2. The Morgan fingerprint density at radius 1 is 0.304 bits per heavy atom. The van der Waals surface area contributed by atoms with Gasteiger partial charge in [-0.1, -0.05) is 78.5 Å². The molecular formula is C90H90Br2N24O22. The summed E-state index contributed by atoms with van der Waals surface area (Å²) in [6.45, 7) is 1.56. The van der Waals surface area contributed by atoms with Gasteiger partial charge in [0.05, 0.1) is 0 Å². The lowest BCUT2D eigenvalue weighted by Gasteiger charge is -2.29. The maximum atomic E-state index is 12.7. The van der Waals surface area contributed by atoms with Gasteiger partial charge in [-0.05, 0) is 122 Å². The lowest BCUT2D eigenvalue weighted by atomic mass is 10.0. The van der Waals surface area contributed by atoms with Gasteiger partial charge >= 0.3 is 0 Å². The summed E-state index contributed by atoms with van der Waals surface area (Å²) in [6, 6.07) is 26.6. The highest BCUT2D eigenvalue weighted by molar-refractivity contribution is 9.09. The summed E-state index contributed by atoms with van der Waals surface area (Å²) in [7, 11) is 0. The van der Waals surface area contributed by atoms with Gasteiger partial charge in [0, 0.05) is 238 Å². The zero-order valence-corrected chi connectivity index (χ0v) is 76.7. The molecule has 22 amide bonds. The molecule has 48 heteroatoms. The predicted octanol–water partition coefficient (Wildman–Crippen LogP) is 4.57. The average Bonchev–Trinajstić information content (AvgIpc) is 1.62. The highest BCUT2D eigenvalue weighted by atomic mass is 79.9. The van der Waals surface area contributed by atoms with Gasteiger partial charge < -0.3 is 62.1 Å². The highest BCUT2D eigenvalue weighted by Gasteiger charge is 2.47. The number of carbonyl (C=O) groups excluding carboxylic acids is 22. The number of azide groups is 2. The van der Waals surface area contributed by atoms with Crippen LogP contribution >= 0.6 is 31.9 Å². The van der Waals surface area contributed by atoms with E-state index in [1.807, 2.05) is 0 Å². The fourth-order valence-electron chi connectivity index (χ4n) is 17.4. The van der Waals surface area contributed by atoms with Crippen molar-refractivity contribution in [2.45, 2.75) is 178 Å². The molecular weight excluding hydrogens is 1930 g/mol. The molecule has 6 fully saturated rings. The van der Waals surface area contributed by atoms with Crippen molar-refractivity contribution < 1.29 is 105 Å². The van der Waals surface area contributed by atoms with Crippen molar-refractivity contribution in [2.75, 3.05) is 56.5 Å². The third kappa shape index (κ3) is 22.7. The molecule has 0 aliphatic carbocycles. The molecule has 716 valence electrons. The van der Waals surface area contributed by atoms with E-state index in [1.165, 1.54) is 29.4 Å². The van der Waals surface area contributed by atoms with Crippen molar-refractivity contribution >= 4 is 196 Å². The van der Waals surface area contributed by atoms with E-state index in [1.54, 1.807) is 109 Å². The van der Waals surface area contributed by atoms with E-state index in [-0.39, 0.29) is 198 Å². The number of benzene rings is 6. The molecule has 0 spiro atoms. The van der Waals surface area contributed by atoms with Crippen LogP contribution in [0.5, 0.6) is 0 Å². The first-order valence-corrected chi connectivity index (χ1v) is 45.9. The maximum absolute atomic E-state index is 12.7. The van der Waals surface area contributed by atoms with E-state index in [9.17, 15) is 105 Å². The summed E-state index contributed by atoms with van der Waals surface area (Å²) in [6.07, 6.45) is 3.92. The van der Waals surface area contributed by atoms with Gasteiger partial charge in [0.15, 0.2) is 0 Å². The van der Waals surface area contributed by atoms with Crippen molar-refractivity contribution in [3.8, 4) is 0 Å². The van der Waals surface area contributed by atoms with Gasteiger partial charge in [-0.2, -0.15) is 0 Å². The lowest BCUT2D eigenvalue weighted by molar-refractivity contribution is -0.138. The fourth-order valence-corrected chi connectivity index (χ4v) is 18.2. The molecule has 46 nitrogen and oxygen atoms in total. The van der Waals surface area contributed by atoms with Crippen LogP contribution in [0.3, 0.4) is 0 Å². The second-order valence-corrected chi connectivity index (χ2v) is 34.5. The van der Waals surface area contributed by atoms with E-state index in [0.717, 1.165) is 11.1 Å². The van der Waals surface area contributed by atoms with Crippen LogP contribution in [0.1, 0.15) is 198 Å². The van der Waals surface area contributed by atoms with Crippen molar-refractivity contribution in [3.05, 3.63) is 197 Å². The number of hydrogen-bond acceptors (Lipinski definition) is 26. The van der Waals surface area contributed by atoms with Crippen LogP contribution in [-0.2, 0) is 116 Å². The first-order chi connectivity index (χ1) is 66.2. The zero-order chi connectivity index (χ0) is 99.0. The minimum Gasteiger partial charge on any atom is -0.398 e. The van der Waals surface area contributed by atoms with Gasteiger partial charge in [0.1, 0.15) is 36.3 Å². The molecule has 14 N–H and O–H groups in total. The SMILES string of the molecule is Nc1cccc2c1CN(C1CCC(=O)NC1=O)C2=O.Nc1cccc2c1CN(C1CCC(=O)NC1=O)C2=O.O=C1CCC(N2Cc3c(NC(=O)CCBr)cccc3C2=O)C(=O)N1.O=C1CCC(N2Cc3c(NC(=O)CCBr)cccc3C2=O)C(=O)N1.[N-]=[N+]=NCCC(=O)Nc1cccc2c1CN(C1CCC(=O)NC1=O)C2=O.[N-]=[N+]=NCCC(=O)Nc1cccc2c1CN(C1CCC(=O)NC1=O)C2=O. The molecule has 6 saturated heterocycles. The van der Waals surface area contributed by atoms with Crippen LogP contribution in [0.15, 0.2) is 119 Å². The molecule has 18 rings (SSSR count). The van der Waals surface area contributed by atoms with Crippen LogP contribution < -0.4 is 64.6 Å². The highest BCUT2D eigenvalue weighted by Crippen LogP contribution is 2.39. The summed E-state index contributed by atoms with van der Waals surface area (Å²) in [5.41, 5.74) is 38.5. The van der Waals surface area contributed by atoms with Crippen LogP contribution in [0, 0.1) is 0 Å². The third-order valence-electron chi connectivity index (χ3n) is 24.3. The van der Waals surface area contributed by atoms with Gasteiger partial charge in [-0.25, -0.2) is 0 Å². The number of carbonyl (C=O) groups is 22. The number of amides is 22. The quantitative estimate of drug-likeness (QED) is 0.0124. The summed E-state index contributed by atoms with van der Waals surface area (Å²) < 4.78 is 0. The molecule has 0 saturated carbocycles. The predicted molar refractivity (Wildman–Crippen MR) is 492 cm³/mol. The average molecular weight is 2020 g/mol. The Labute approximate surface area is 800 Å². The number of nitrogens with one attached hydrogen (secondary N) is 10. The van der Waals surface area contributed by atoms with E-state index < -0.39 is 71.7 Å². The summed E-state index contributed by atoms with van der Waals surface area (Å²) >= 11 is 6.43. The number of halogens is 2. The lowest BCUT2D eigenvalue weighted by Crippen LogP contribution is -2.52. The Balaban J connectivity index is 0.000000140. The maximum Gasteiger partial charge on any atom is 0.255 e. The molecule has 0 aromatic heterocycles. The number of piperidine rings is 6. The molecule has 12 aliphatic heterocycles. The topological polar surface area (TPSA) is 665 Å². The number of nitrogens with zero attached hydrogens (tertiary/aromatic N) is 12. The third-order valence-corrected chi connectivity index (χ3v) is 25.1. The molecule has 12 aliphatic rings. The molecule has 12 heterocycles. The monoisotopic (exact) mass is 2020 g/mol. The molecule has 6 aromatic carbocycles. The summed E-state index contributed by atoms with van der Waals surface area (Å²) in [4.78, 5) is 276. The minimum atomic E-state index is -0.707. The van der Waals surface area contributed by atoms with Crippen LogP contribution in [0.4, 0.5) is 34.1 Å². The Morgan fingerprint density at radius 2 is 0.493 bits per heavy atom. The number of fused-ring (bicyclic) bond motifs is 6. The van der Waals surface area contributed by atoms with Crippen molar-refractivity contribution in [2.24, 2.45) is 10.2 Å². The molecule has 6 unspecified atom stereocenters. The first kappa shape index (κ1) is 99.5. The Bertz CT molecular complexity index is 5890. The zero-order valence-electron chi connectivity index (χ0n) is 73.5. The van der Waals surface area contributed by atoms with Gasteiger partial charge in [0.2, 0.25) is 94.5 Å². The van der Waals surface area contributed by atoms with Crippen LogP contribution in [-0.4, -0.2) is 219 Å². The number of rotatable bonds is 20. The number of hydrogen-bond donors (Lipinski definition) is 12. The van der Waals surface area contributed by atoms with Gasteiger partial charge in [-0.3, -0.25) is 137 Å². The number of alkyl halides is 2. The molecule has 138 heavy (non-hydrogen) atoms. The minimum absolute atomic E-state index is 0.0263. The van der Waals surface area contributed by atoms with E-state index in [0.29, 0.717) is 152 Å². The second-order valence-electron chi connectivity index (χ2n) is 33.0. The fraction of sp³-hybridized carbons (Fsp3) is 0.356.